The molecule has 1 fully saturated rings. The fraction of sp³-hybridized carbons (Fsp3) is 0.526. The van der Waals surface area contributed by atoms with E-state index >= 15 is 0 Å². The number of nitrogens with zero attached hydrogens (tertiary/aromatic N) is 2. The molecule has 6 rings (SSSR count). The Kier molecular flexibility index (Phi) is 10.00. The number of H-pyrrole nitrogens is 1. The molecule has 4 aliphatic rings. The third-order valence-corrected chi connectivity index (χ3v) is 11.1. The second-order valence-corrected chi connectivity index (χ2v) is 14.2. The zero-order valence-corrected chi connectivity index (χ0v) is 29.8. The van der Waals surface area contributed by atoms with Crippen LogP contribution in [0.1, 0.15) is 91.5 Å². The smallest absolute Gasteiger partial charge is 0.256 e. The van der Waals surface area contributed by atoms with E-state index in [1.54, 1.807) is 13.0 Å². The first kappa shape index (κ1) is 34.2. The van der Waals surface area contributed by atoms with Crippen molar-refractivity contribution in [3.63, 3.8) is 0 Å². The zero-order valence-electron chi connectivity index (χ0n) is 29.1. The minimum Gasteiger partial charge on any atom is -0.496 e. The number of hydrogen-bond acceptors (Lipinski definition) is 7. The summed E-state index contributed by atoms with van der Waals surface area (Å²) in [5.41, 5.74) is 6.82. The molecule has 9 nitrogen and oxygen atoms in total. The molecule has 4 heterocycles. The van der Waals surface area contributed by atoms with Gasteiger partial charge in [0.05, 0.1) is 47.7 Å². The number of anilines is 1. The maximum absolute atomic E-state index is 14.2. The van der Waals surface area contributed by atoms with Gasteiger partial charge in [-0.1, -0.05) is 11.6 Å². The normalized spacial score (nSPS) is 20.3. The SMILES string of the molecule is CCN(c1cc(C2CCC3=C(C2)N(C(C)C)CC32C=COC=C2)c(Cl)c(C(=O)NCc2c(OC)cc(C)[nH]c2=O)c1C)C1CCOCC1. The van der Waals surface area contributed by atoms with Crippen LogP contribution in [0.5, 0.6) is 5.75 Å². The van der Waals surface area contributed by atoms with Crippen LogP contribution in [0.15, 0.2) is 52.9 Å². The van der Waals surface area contributed by atoms with Gasteiger partial charge in [-0.3, -0.25) is 9.59 Å². The number of nitrogens with one attached hydrogen (secondary N) is 2. The molecule has 1 aliphatic carbocycles. The molecule has 1 unspecified atom stereocenters. The Morgan fingerprint density at radius 3 is 2.58 bits per heavy atom. The number of hydrogen-bond donors (Lipinski definition) is 2. The van der Waals surface area contributed by atoms with Crippen molar-refractivity contribution >= 4 is 23.2 Å². The molecule has 0 saturated carbocycles. The van der Waals surface area contributed by atoms with E-state index < -0.39 is 0 Å². The minimum absolute atomic E-state index is 0.0141. The average Bonchev–Trinajstić information content (AvgIpc) is 3.39. The Morgan fingerprint density at radius 2 is 1.92 bits per heavy atom. The summed E-state index contributed by atoms with van der Waals surface area (Å²) in [6.07, 6.45) is 12.6. The van der Waals surface area contributed by atoms with Crippen molar-refractivity contribution in [3.05, 3.63) is 91.4 Å². The Morgan fingerprint density at radius 1 is 1.19 bits per heavy atom. The Hall–Kier alpha value is -3.69. The van der Waals surface area contributed by atoms with E-state index in [0.29, 0.717) is 39.7 Å². The van der Waals surface area contributed by atoms with Gasteiger partial charge < -0.3 is 34.3 Å². The van der Waals surface area contributed by atoms with Crippen molar-refractivity contribution < 1.29 is 19.0 Å². The lowest BCUT2D eigenvalue weighted by Crippen LogP contribution is -2.40. The predicted molar refractivity (Wildman–Crippen MR) is 190 cm³/mol. The predicted octanol–water partition coefficient (Wildman–Crippen LogP) is 6.88. The maximum atomic E-state index is 14.2. The van der Waals surface area contributed by atoms with Crippen LogP contribution >= 0.6 is 11.6 Å². The highest BCUT2D eigenvalue weighted by Gasteiger charge is 2.45. The van der Waals surface area contributed by atoms with Crippen molar-refractivity contribution in [2.75, 3.05) is 38.3 Å². The third kappa shape index (κ3) is 6.27. The fourth-order valence-corrected chi connectivity index (χ4v) is 8.65. The van der Waals surface area contributed by atoms with Crippen LogP contribution in [0.4, 0.5) is 5.69 Å². The number of methoxy groups -OCH3 is 1. The molecule has 3 aliphatic heterocycles. The monoisotopic (exact) mass is 676 g/mol. The summed E-state index contributed by atoms with van der Waals surface area (Å²) in [6, 6.07) is 4.67. The molecule has 1 aromatic heterocycles. The number of amides is 1. The highest BCUT2D eigenvalue weighted by atomic mass is 35.5. The molecule has 10 heteroatoms. The van der Waals surface area contributed by atoms with Crippen LogP contribution in [-0.2, 0) is 16.0 Å². The molecule has 1 spiro atoms. The Bertz CT molecular complexity index is 1690. The topological polar surface area (TPSA) is 96.1 Å². The first-order valence-corrected chi connectivity index (χ1v) is 17.7. The van der Waals surface area contributed by atoms with Gasteiger partial charge in [0.15, 0.2) is 0 Å². The number of aromatic nitrogens is 1. The van der Waals surface area contributed by atoms with Gasteiger partial charge in [-0.05, 0) is 114 Å². The summed E-state index contributed by atoms with van der Waals surface area (Å²) in [4.78, 5) is 34.8. The van der Waals surface area contributed by atoms with E-state index in [1.165, 1.54) is 18.4 Å². The van der Waals surface area contributed by atoms with E-state index in [-0.39, 0.29) is 29.3 Å². The first-order valence-electron chi connectivity index (χ1n) is 17.3. The lowest BCUT2D eigenvalue weighted by Gasteiger charge is -2.38. The molecule has 1 saturated heterocycles. The quantitative estimate of drug-likeness (QED) is 0.299. The lowest BCUT2D eigenvalue weighted by atomic mass is 9.73. The minimum atomic E-state index is -0.303. The summed E-state index contributed by atoms with van der Waals surface area (Å²) in [5.74, 6) is 0.275. The van der Waals surface area contributed by atoms with Crippen LogP contribution in [0.3, 0.4) is 0 Å². The van der Waals surface area contributed by atoms with Crippen molar-refractivity contribution in [2.45, 2.75) is 91.3 Å². The van der Waals surface area contributed by atoms with Gasteiger partial charge in [0.25, 0.3) is 11.5 Å². The van der Waals surface area contributed by atoms with Crippen molar-refractivity contribution in [1.29, 1.82) is 0 Å². The molecule has 1 aromatic carbocycles. The van der Waals surface area contributed by atoms with Gasteiger partial charge in [-0.2, -0.15) is 0 Å². The Balaban J connectivity index is 1.40. The first-order chi connectivity index (χ1) is 23.1. The molecule has 258 valence electrons. The third-order valence-electron chi connectivity index (χ3n) is 10.7. The van der Waals surface area contributed by atoms with Crippen molar-refractivity contribution in [3.8, 4) is 5.75 Å². The zero-order chi connectivity index (χ0) is 34.2. The summed E-state index contributed by atoms with van der Waals surface area (Å²) in [6.45, 7) is 13.6. The lowest BCUT2D eigenvalue weighted by molar-refractivity contribution is 0.0845. The molecule has 2 N–H and O–H groups in total. The van der Waals surface area contributed by atoms with E-state index in [2.05, 4.69) is 59.1 Å². The van der Waals surface area contributed by atoms with Crippen LogP contribution in [0.25, 0.3) is 0 Å². The van der Waals surface area contributed by atoms with Crippen LogP contribution < -0.4 is 20.5 Å². The molecule has 2 aromatic rings. The number of aromatic amines is 1. The van der Waals surface area contributed by atoms with Crippen LogP contribution in [-0.4, -0.2) is 61.3 Å². The number of ether oxygens (including phenoxy) is 3. The maximum Gasteiger partial charge on any atom is 0.256 e. The Labute approximate surface area is 289 Å². The number of rotatable bonds is 9. The number of halogens is 1. The number of carbonyl (C=O) groups is 1. The number of benzene rings is 1. The van der Waals surface area contributed by atoms with Gasteiger partial charge in [-0.25, -0.2) is 0 Å². The van der Waals surface area contributed by atoms with Crippen LogP contribution in [0, 0.1) is 19.3 Å². The fourth-order valence-electron chi connectivity index (χ4n) is 8.21. The molecular formula is C38H49ClN4O5. The second kappa shape index (κ2) is 14.0. The van der Waals surface area contributed by atoms with Gasteiger partial charge in [0.1, 0.15) is 5.75 Å². The highest BCUT2D eigenvalue weighted by Crippen LogP contribution is 2.53. The van der Waals surface area contributed by atoms with E-state index in [0.717, 1.165) is 75.2 Å². The molecule has 1 amide bonds. The largest absolute Gasteiger partial charge is 0.496 e. The number of pyridine rings is 1. The van der Waals surface area contributed by atoms with Gasteiger partial charge >= 0.3 is 0 Å². The van der Waals surface area contributed by atoms with Gasteiger partial charge in [0, 0.05) is 55.5 Å². The molecule has 0 radical (unpaired) electrons. The number of allylic oxidation sites excluding steroid dienone is 1. The summed E-state index contributed by atoms with van der Waals surface area (Å²) >= 11 is 7.36. The summed E-state index contributed by atoms with van der Waals surface area (Å²) in [7, 11) is 1.53. The molecular weight excluding hydrogens is 628 g/mol. The van der Waals surface area contributed by atoms with Gasteiger partial charge in [-0.15, -0.1) is 0 Å². The van der Waals surface area contributed by atoms with Gasteiger partial charge in [0.2, 0.25) is 0 Å². The van der Waals surface area contributed by atoms with E-state index in [9.17, 15) is 9.59 Å². The summed E-state index contributed by atoms with van der Waals surface area (Å²) in [5, 5.41) is 3.51. The van der Waals surface area contributed by atoms with E-state index in [1.807, 2.05) is 19.4 Å². The van der Waals surface area contributed by atoms with Crippen LogP contribution in [0.2, 0.25) is 5.02 Å². The van der Waals surface area contributed by atoms with Crippen molar-refractivity contribution in [2.24, 2.45) is 5.41 Å². The average molecular weight is 677 g/mol. The number of carbonyl (C=O) groups excluding carboxylic acids is 1. The molecule has 0 bridgehead atoms. The highest BCUT2D eigenvalue weighted by molar-refractivity contribution is 6.35. The number of fused-ring (bicyclic) bond motifs is 1. The summed E-state index contributed by atoms with van der Waals surface area (Å²) < 4.78 is 16.7. The van der Waals surface area contributed by atoms with E-state index in [4.69, 9.17) is 25.8 Å². The standard InChI is InChI=1S/C38H49ClN4O5/c1-7-42(27-10-14-47-15-11-27)31-20-28(26-8-9-30-32(19-26)43(23(2)3)22-38(30)12-16-48-17-13-38)35(39)34(25(31)5)37(45)40-21-29-33(46-6)18-24(4)41-36(29)44/h12-13,16-18,20,23,26-27H,7-11,14-15,19,21-22H2,1-6H3,(H,40,45)(H,41,44). The van der Waals surface area contributed by atoms with Crippen molar-refractivity contribution in [1.82, 2.24) is 15.2 Å². The number of aryl methyl sites for hydroxylation is 1. The molecule has 48 heavy (non-hydrogen) atoms. The molecule has 1 atom stereocenters. The second-order valence-electron chi connectivity index (χ2n) is 13.8.